The van der Waals surface area contributed by atoms with Crippen LogP contribution < -0.4 is 0 Å². The molecule has 0 heterocycles. The molecule has 6 nitrogen and oxygen atoms in total. The standard InChI is InChI=1S/C17H14O4.C2H4O2/c1-11-3-4-12(7-15(11)10-19)13-5-6-14(9-18)16(8-13)17(20)21-2;1-4-2-3/h3-10H,1-2H3;2H,1H3. The molecule has 0 aliphatic carbocycles. The molecule has 6 heteroatoms. The van der Waals surface area contributed by atoms with Crippen LogP contribution in [0.4, 0.5) is 0 Å². The molecule has 0 aromatic heterocycles. The molecule has 25 heavy (non-hydrogen) atoms. The van der Waals surface area contributed by atoms with Crippen LogP contribution in [0.3, 0.4) is 0 Å². The molecule has 0 N–H and O–H groups in total. The van der Waals surface area contributed by atoms with Crippen LogP contribution in [0.25, 0.3) is 11.1 Å². The number of aryl methyl sites for hydroxylation is 1. The fraction of sp³-hybridized carbons (Fsp3) is 0.158. The minimum absolute atomic E-state index is 0.207. The lowest BCUT2D eigenvalue weighted by molar-refractivity contribution is -0.126. The minimum Gasteiger partial charge on any atom is -0.471 e. The maximum Gasteiger partial charge on any atom is 0.338 e. The molecular formula is C19H18O6. The predicted octanol–water partition coefficient (Wildman–Crippen LogP) is 2.86. The molecule has 2 aromatic carbocycles. The molecule has 0 unspecified atom stereocenters. The highest BCUT2D eigenvalue weighted by molar-refractivity contribution is 5.99. The van der Waals surface area contributed by atoms with E-state index in [1.807, 2.05) is 19.1 Å². The van der Waals surface area contributed by atoms with E-state index in [0.29, 0.717) is 18.3 Å². The molecule has 0 saturated heterocycles. The van der Waals surface area contributed by atoms with E-state index in [2.05, 4.69) is 9.47 Å². The van der Waals surface area contributed by atoms with E-state index in [1.54, 1.807) is 24.3 Å². The van der Waals surface area contributed by atoms with Crippen LogP contribution >= 0.6 is 0 Å². The molecule has 0 aliphatic rings. The van der Waals surface area contributed by atoms with E-state index >= 15 is 0 Å². The van der Waals surface area contributed by atoms with Gasteiger partial charge in [0.2, 0.25) is 0 Å². The van der Waals surface area contributed by atoms with Gasteiger partial charge in [-0.3, -0.25) is 14.4 Å². The first-order chi connectivity index (χ1) is 12.0. The fourth-order valence-corrected chi connectivity index (χ4v) is 2.07. The summed E-state index contributed by atoms with van der Waals surface area (Å²) in [5, 5.41) is 0. The van der Waals surface area contributed by atoms with Gasteiger partial charge in [0.05, 0.1) is 19.8 Å². The van der Waals surface area contributed by atoms with Crippen molar-refractivity contribution in [1.29, 1.82) is 0 Å². The normalized spacial score (nSPS) is 9.24. The lowest BCUT2D eigenvalue weighted by atomic mass is 9.97. The third kappa shape index (κ3) is 5.10. The van der Waals surface area contributed by atoms with Crippen LogP contribution in [-0.4, -0.2) is 39.2 Å². The zero-order valence-corrected chi connectivity index (χ0v) is 14.1. The highest BCUT2D eigenvalue weighted by Gasteiger charge is 2.13. The van der Waals surface area contributed by atoms with E-state index in [4.69, 9.17) is 4.79 Å². The van der Waals surface area contributed by atoms with Gasteiger partial charge in [0.25, 0.3) is 6.47 Å². The van der Waals surface area contributed by atoms with Crippen LogP contribution in [0.2, 0.25) is 0 Å². The summed E-state index contributed by atoms with van der Waals surface area (Å²) in [6, 6.07) is 10.3. The molecule has 0 radical (unpaired) electrons. The first-order valence-electron chi connectivity index (χ1n) is 7.22. The van der Waals surface area contributed by atoms with Crippen molar-refractivity contribution >= 4 is 25.0 Å². The highest BCUT2D eigenvalue weighted by atomic mass is 16.5. The Morgan fingerprint density at radius 2 is 1.44 bits per heavy atom. The minimum atomic E-state index is -0.568. The number of esters is 1. The van der Waals surface area contributed by atoms with Crippen LogP contribution in [0.15, 0.2) is 36.4 Å². The van der Waals surface area contributed by atoms with Gasteiger partial charge in [-0.25, -0.2) is 4.79 Å². The number of carbonyl (C=O) groups is 4. The Hall–Kier alpha value is -3.28. The van der Waals surface area contributed by atoms with Crippen molar-refractivity contribution in [3.63, 3.8) is 0 Å². The molecule has 2 rings (SSSR count). The number of hydrogen-bond acceptors (Lipinski definition) is 6. The van der Waals surface area contributed by atoms with Crippen molar-refractivity contribution in [3.05, 3.63) is 58.7 Å². The predicted molar refractivity (Wildman–Crippen MR) is 91.8 cm³/mol. The summed E-state index contributed by atoms with van der Waals surface area (Å²) in [6.45, 7) is 2.23. The Kier molecular flexibility index (Phi) is 7.72. The lowest BCUT2D eigenvalue weighted by Gasteiger charge is -2.08. The number of benzene rings is 2. The van der Waals surface area contributed by atoms with Gasteiger partial charge >= 0.3 is 5.97 Å². The summed E-state index contributed by atoms with van der Waals surface area (Å²) in [6.07, 6.45) is 1.40. The molecule has 0 saturated carbocycles. The van der Waals surface area contributed by atoms with Crippen molar-refractivity contribution in [1.82, 2.24) is 0 Å². The Morgan fingerprint density at radius 3 is 1.96 bits per heavy atom. The molecule has 0 fully saturated rings. The first-order valence-corrected chi connectivity index (χ1v) is 7.22. The van der Waals surface area contributed by atoms with Gasteiger partial charge in [0.1, 0.15) is 6.29 Å². The molecule has 0 bridgehead atoms. The topological polar surface area (TPSA) is 86.7 Å². The molecule has 2 aromatic rings. The SMILES string of the molecule is COC(=O)c1cc(-c2ccc(C)c(C=O)c2)ccc1C=O.COC=O. The van der Waals surface area contributed by atoms with Crippen LogP contribution in [-0.2, 0) is 14.3 Å². The zero-order valence-electron chi connectivity index (χ0n) is 14.1. The van der Waals surface area contributed by atoms with Crippen molar-refractivity contribution in [2.45, 2.75) is 6.92 Å². The largest absolute Gasteiger partial charge is 0.471 e. The second-order valence-electron chi connectivity index (χ2n) is 4.93. The number of carbonyl (C=O) groups excluding carboxylic acids is 4. The summed E-state index contributed by atoms with van der Waals surface area (Å²) < 4.78 is 8.54. The molecule has 0 amide bonds. The van der Waals surface area contributed by atoms with Crippen molar-refractivity contribution in [3.8, 4) is 11.1 Å². The van der Waals surface area contributed by atoms with Crippen LogP contribution in [0, 0.1) is 6.92 Å². The molecule has 0 atom stereocenters. The third-order valence-electron chi connectivity index (χ3n) is 3.42. The Morgan fingerprint density at radius 1 is 0.880 bits per heavy atom. The Labute approximate surface area is 145 Å². The van der Waals surface area contributed by atoms with Crippen LogP contribution in [0.1, 0.15) is 36.6 Å². The molecule has 0 spiro atoms. The lowest BCUT2D eigenvalue weighted by Crippen LogP contribution is -2.05. The van der Waals surface area contributed by atoms with E-state index in [9.17, 15) is 14.4 Å². The van der Waals surface area contributed by atoms with Crippen LogP contribution in [0.5, 0.6) is 0 Å². The summed E-state index contributed by atoms with van der Waals surface area (Å²) in [5.74, 6) is -0.568. The van der Waals surface area contributed by atoms with Gasteiger partial charge < -0.3 is 9.47 Å². The van der Waals surface area contributed by atoms with Gasteiger partial charge in [0, 0.05) is 11.1 Å². The highest BCUT2D eigenvalue weighted by Crippen LogP contribution is 2.24. The molecule has 0 aliphatic heterocycles. The second kappa shape index (κ2) is 9.77. The monoisotopic (exact) mass is 342 g/mol. The quantitative estimate of drug-likeness (QED) is 0.613. The molecule has 130 valence electrons. The van der Waals surface area contributed by atoms with Gasteiger partial charge in [-0.05, 0) is 35.7 Å². The number of rotatable bonds is 5. The summed E-state index contributed by atoms with van der Waals surface area (Å²) in [4.78, 5) is 42.7. The Balaban J connectivity index is 0.000000705. The maximum atomic E-state index is 11.7. The number of methoxy groups -OCH3 is 2. The van der Waals surface area contributed by atoms with E-state index in [-0.39, 0.29) is 11.1 Å². The van der Waals surface area contributed by atoms with Gasteiger partial charge in [-0.15, -0.1) is 0 Å². The van der Waals surface area contributed by atoms with Gasteiger partial charge in [-0.2, -0.15) is 0 Å². The number of hydrogen-bond donors (Lipinski definition) is 0. The van der Waals surface area contributed by atoms with E-state index in [1.165, 1.54) is 14.2 Å². The summed E-state index contributed by atoms with van der Waals surface area (Å²) >= 11 is 0. The molecular weight excluding hydrogens is 324 g/mol. The second-order valence-corrected chi connectivity index (χ2v) is 4.93. The third-order valence-corrected chi connectivity index (χ3v) is 3.42. The number of ether oxygens (including phenoxy) is 2. The van der Waals surface area contributed by atoms with E-state index in [0.717, 1.165) is 23.0 Å². The van der Waals surface area contributed by atoms with Gasteiger partial charge in [0.15, 0.2) is 6.29 Å². The van der Waals surface area contributed by atoms with Crippen molar-refractivity contribution in [2.24, 2.45) is 0 Å². The average Bonchev–Trinajstić information content (AvgIpc) is 2.67. The average molecular weight is 342 g/mol. The maximum absolute atomic E-state index is 11.7. The summed E-state index contributed by atoms with van der Waals surface area (Å²) in [5.41, 5.74) is 3.49. The van der Waals surface area contributed by atoms with Crippen molar-refractivity contribution in [2.75, 3.05) is 14.2 Å². The van der Waals surface area contributed by atoms with Crippen molar-refractivity contribution < 1.29 is 28.7 Å². The van der Waals surface area contributed by atoms with Gasteiger partial charge in [-0.1, -0.05) is 24.3 Å². The zero-order chi connectivity index (χ0) is 18.8. The fourth-order valence-electron chi connectivity index (χ4n) is 2.07. The number of aldehydes is 2. The Bertz CT molecular complexity index is 779. The first kappa shape index (κ1) is 19.8. The van der Waals surface area contributed by atoms with E-state index < -0.39 is 5.97 Å². The summed E-state index contributed by atoms with van der Waals surface area (Å²) in [7, 11) is 2.58. The smallest absolute Gasteiger partial charge is 0.338 e.